The molecule has 8 heteroatoms. The second kappa shape index (κ2) is 22.8. The summed E-state index contributed by atoms with van der Waals surface area (Å²) < 4.78 is 2.10. The highest BCUT2D eigenvalue weighted by Gasteiger charge is 2.37. The number of amides is 2. The van der Waals surface area contributed by atoms with Crippen molar-refractivity contribution in [1.29, 1.82) is 0 Å². The molecule has 0 heterocycles. The number of aryl methyl sites for hydroxylation is 2. The van der Waals surface area contributed by atoms with E-state index in [-0.39, 0.29) is 23.0 Å². The van der Waals surface area contributed by atoms with Crippen molar-refractivity contribution in [3.05, 3.63) is 124 Å². The number of hydrogen-bond donors (Lipinski definition) is 2. The number of anilines is 2. The summed E-state index contributed by atoms with van der Waals surface area (Å²) in [5.74, 6) is -0.203. The predicted molar refractivity (Wildman–Crippen MR) is 275 cm³/mol. The molecule has 354 valence electrons. The van der Waals surface area contributed by atoms with Gasteiger partial charge in [0.25, 0.3) is 0 Å². The first-order valence-electron chi connectivity index (χ1n) is 24.9. The van der Waals surface area contributed by atoms with Gasteiger partial charge in [0, 0.05) is 88.3 Å². The Kier molecular flexibility index (Phi) is 17.8. The van der Waals surface area contributed by atoms with E-state index in [4.69, 9.17) is 0 Å². The fourth-order valence-corrected chi connectivity index (χ4v) is 8.41. The first-order valence-corrected chi connectivity index (χ1v) is 24.9. The number of ketones is 1. The van der Waals surface area contributed by atoms with Crippen molar-refractivity contribution in [2.24, 2.45) is 22.7 Å². The number of nitrogens with zero attached hydrogens (tertiary/aromatic N) is 2. The maximum atomic E-state index is 14.7. The Bertz CT molecular complexity index is 2310. The van der Waals surface area contributed by atoms with E-state index in [1.807, 2.05) is 85.7 Å². The first-order chi connectivity index (χ1) is 31.4. The van der Waals surface area contributed by atoms with Gasteiger partial charge in [-0.3, -0.25) is 14.4 Å². The lowest BCUT2D eigenvalue weighted by Crippen LogP contribution is -2.39. The molecule has 0 aliphatic heterocycles. The lowest BCUT2D eigenvalue weighted by Gasteiger charge is -2.36. The average molecular weight is 895 g/mol. The summed E-state index contributed by atoms with van der Waals surface area (Å²) in [4.78, 5) is 45.1. The number of nitrogens with one attached hydrogen (secondary N) is 2. The van der Waals surface area contributed by atoms with Crippen LogP contribution < -0.4 is 25.2 Å². The van der Waals surface area contributed by atoms with Gasteiger partial charge < -0.3 is 20.6 Å². The number of hydrogen-bond acceptors (Lipinski definition) is 5. The topological polar surface area (TPSA) is 105 Å². The smallest absolute Gasteiger partial charge is 0.230 e. The summed E-state index contributed by atoms with van der Waals surface area (Å²) in [6.07, 6.45) is 15.8. The predicted octanol–water partition coefficient (Wildman–Crippen LogP) is 12.9. The highest BCUT2D eigenvalue weighted by Crippen LogP contribution is 2.43. The van der Waals surface area contributed by atoms with Crippen LogP contribution in [0.4, 0.5) is 22.7 Å². The Labute approximate surface area is 397 Å². The Hall–Kier alpha value is -5.50. The second-order valence-electron chi connectivity index (χ2n) is 20.0. The van der Waals surface area contributed by atoms with Crippen LogP contribution in [0.2, 0.25) is 0 Å². The zero-order valence-corrected chi connectivity index (χ0v) is 42.3. The molecular weight excluding hydrogens is 817 g/mol. The molecule has 2 atom stereocenters. The molecule has 0 spiro atoms. The number of allylic oxidation sites excluding steroid dienone is 5. The van der Waals surface area contributed by atoms with Gasteiger partial charge >= 0.3 is 0 Å². The van der Waals surface area contributed by atoms with Crippen molar-refractivity contribution in [2.45, 2.75) is 147 Å². The molecule has 2 unspecified atom stereocenters. The van der Waals surface area contributed by atoms with Crippen LogP contribution in [0.1, 0.15) is 150 Å². The van der Waals surface area contributed by atoms with E-state index in [2.05, 4.69) is 96.3 Å². The van der Waals surface area contributed by atoms with Crippen LogP contribution in [0.5, 0.6) is 0 Å². The van der Waals surface area contributed by atoms with E-state index in [9.17, 15) is 19.5 Å². The number of benzene rings is 3. The summed E-state index contributed by atoms with van der Waals surface area (Å²) in [6, 6.07) is 22.3. The summed E-state index contributed by atoms with van der Waals surface area (Å²) >= 11 is 0. The summed E-state index contributed by atoms with van der Waals surface area (Å²) in [5.41, 5.74) is 6.08. The quantitative estimate of drug-likeness (QED) is 0.0772. The molecule has 0 bridgehead atoms. The number of unbranched alkanes of at least 4 members (excludes halogenated alkanes) is 2. The van der Waals surface area contributed by atoms with Crippen molar-refractivity contribution in [1.82, 2.24) is 9.89 Å². The van der Waals surface area contributed by atoms with Gasteiger partial charge in [0.15, 0.2) is 5.78 Å². The minimum Gasteiger partial charge on any atom is -0.871 e. The SMILES string of the molecule is CCCCC(CC)CN(CC(CC)CCCC)c1ccc(C2=C([O-])C(=C3C=CC(=[N+](c4ccc(C)cc4)c4ccc(C)cc4)C=C3NC(=O)C(C)(C)CC)C2=O)c(NC(=O)C(C)(C)CC)c1. The molecule has 5 rings (SSSR count). The third-order valence-corrected chi connectivity index (χ3v) is 14.2. The Balaban J connectivity index is 1.70. The zero-order valence-electron chi connectivity index (χ0n) is 42.3. The van der Waals surface area contributed by atoms with Crippen LogP contribution in [0.15, 0.2) is 108 Å². The van der Waals surface area contributed by atoms with Crippen LogP contribution in [-0.2, 0) is 14.4 Å². The highest BCUT2D eigenvalue weighted by molar-refractivity contribution is 6.40. The van der Waals surface area contributed by atoms with Gasteiger partial charge in [-0.2, -0.15) is 4.58 Å². The largest absolute Gasteiger partial charge is 0.871 e. The number of Topliss-reactive ketones (excluding diaryl/α,β-unsaturated/α-hetero) is 1. The fraction of sp³-hybridized carbons (Fsp3) is 0.483. The molecular formula is C58H78N4O4. The standard InChI is InChI=1S/C58H78N4O4/c1-13-19-21-41(15-3)37-61(38-42(16-4)22-20-14-2)45-31-33-47(49(35-45)59-55(65)57(9,10)17-5)51-53(63)52(54(51)64)48-34-32-46(36-50(48)60-56(66)58(11,12)18-6)62(43-27-23-39(7)24-28-43)44-29-25-40(8)26-30-44/h23-36,41-42H,13-22,37-38H2,1-12H3,(H2,59,60,63,64,65,66). The van der Waals surface area contributed by atoms with Gasteiger partial charge in [0.1, 0.15) is 0 Å². The van der Waals surface area contributed by atoms with E-state index >= 15 is 0 Å². The van der Waals surface area contributed by atoms with Crippen LogP contribution in [0.25, 0.3) is 5.57 Å². The minimum atomic E-state index is -0.717. The van der Waals surface area contributed by atoms with E-state index in [1.165, 1.54) is 12.8 Å². The molecule has 2 aliphatic carbocycles. The summed E-state index contributed by atoms with van der Waals surface area (Å²) in [6.45, 7) is 26.4. The van der Waals surface area contributed by atoms with Crippen molar-refractivity contribution in [2.75, 3.05) is 23.3 Å². The van der Waals surface area contributed by atoms with Crippen LogP contribution in [-0.4, -0.2) is 36.4 Å². The first kappa shape index (κ1) is 51.5. The maximum absolute atomic E-state index is 14.7. The van der Waals surface area contributed by atoms with Gasteiger partial charge in [-0.05, 0) is 69.6 Å². The Morgan fingerprint density at radius 1 is 0.682 bits per heavy atom. The van der Waals surface area contributed by atoms with Crippen LogP contribution in [0, 0.1) is 36.5 Å². The zero-order chi connectivity index (χ0) is 48.3. The molecule has 0 fully saturated rings. The fourth-order valence-electron chi connectivity index (χ4n) is 8.41. The Morgan fingerprint density at radius 2 is 1.18 bits per heavy atom. The van der Waals surface area contributed by atoms with Gasteiger partial charge in [0.2, 0.25) is 28.9 Å². The summed E-state index contributed by atoms with van der Waals surface area (Å²) in [5, 5.41) is 21.1. The van der Waals surface area contributed by atoms with Crippen molar-refractivity contribution < 1.29 is 19.5 Å². The number of carbonyl (C=O) groups is 3. The van der Waals surface area contributed by atoms with E-state index in [0.717, 1.165) is 85.5 Å². The molecule has 0 saturated carbocycles. The molecule has 2 amide bonds. The molecule has 0 saturated heterocycles. The van der Waals surface area contributed by atoms with Crippen LogP contribution >= 0.6 is 0 Å². The monoisotopic (exact) mass is 895 g/mol. The van der Waals surface area contributed by atoms with Gasteiger partial charge in [-0.25, -0.2) is 0 Å². The molecule has 3 aromatic rings. The minimum absolute atomic E-state index is 0.0127. The molecule has 66 heavy (non-hydrogen) atoms. The van der Waals surface area contributed by atoms with E-state index in [1.54, 1.807) is 6.08 Å². The van der Waals surface area contributed by atoms with E-state index < -0.39 is 22.4 Å². The molecule has 8 nitrogen and oxygen atoms in total. The normalized spacial score (nSPS) is 16.2. The van der Waals surface area contributed by atoms with Crippen molar-refractivity contribution in [3.8, 4) is 0 Å². The third-order valence-electron chi connectivity index (χ3n) is 14.2. The van der Waals surface area contributed by atoms with Gasteiger partial charge in [-0.15, -0.1) is 0 Å². The Morgan fingerprint density at radius 3 is 1.64 bits per heavy atom. The van der Waals surface area contributed by atoms with Crippen LogP contribution in [0.3, 0.4) is 0 Å². The molecule has 0 radical (unpaired) electrons. The summed E-state index contributed by atoms with van der Waals surface area (Å²) in [7, 11) is 0. The maximum Gasteiger partial charge on any atom is 0.230 e. The van der Waals surface area contributed by atoms with Crippen molar-refractivity contribution >= 4 is 51.6 Å². The number of carbonyl (C=O) groups excluding carboxylic acids is 3. The second-order valence-corrected chi connectivity index (χ2v) is 20.0. The lowest BCUT2D eigenvalue weighted by molar-refractivity contribution is -0.297. The highest BCUT2D eigenvalue weighted by atomic mass is 16.3. The van der Waals surface area contributed by atoms with Gasteiger partial charge in [0.05, 0.1) is 11.4 Å². The third kappa shape index (κ3) is 12.1. The molecule has 2 N–H and O–H groups in total. The molecule has 3 aromatic carbocycles. The average Bonchev–Trinajstić information content (AvgIpc) is 3.31. The lowest BCUT2D eigenvalue weighted by atomic mass is 9.78. The van der Waals surface area contributed by atoms with Crippen molar-refractivity contribution in [3.63, 3.8) is 0 Å². The molecule has 0 aromatic heterocycles. The van der Waals surface area contributed by atoms with E-state index in [0.29, 0.717) is 47.2 Å². The molecule has 2 aliphatic rings. The van der Waals surface area contributed by atoms with Gasteiger partial charge in [-0.1, -0.05) is 155 Å². The number of rotatable bonds is 22.